The number of rotatable bonds is 6. The molecule has 1 aliphatic carbocycles. The van der Waals surface area contributed by atoms with E-state index in [4.69, 9.17) is 0 Å². The molecule has 1 aromatic heterocycles. The van der Waals surface area contributed by atoms with Crippen molar-refractivity contribution in [3.8, 4) is 0 Å². The molecule has 2 aliphatic rings. The summed E-state index contributed by atoms with van der Waals surface area (Å²) in [5.74, 6) is 0.460. The van der Waals surface area contributed by atoms with Crippen LogP contribution in [-0.2, 0) is 4.79 Å². The van der Waals surface area contributed by atoms with Gasteiger partial charge in [-0.25, -0.2) is 0 Å². The van der Waals surface area contributed by atoms with Gasteiger partial charge in [0, 0.05) is 29.2 Å². The van der Waals surface area contributed by atoms with E-state index in [1.165, 1.54) is 30.2 Å². The molecule has 2 aromatic rings. The minimum Gasteiger partial charge on any atom is -0.352 e. The van der Waals surface area contributed by atoms with Crippen LogP contribution in [0.1, 0.15) is 73.5 Å². The van der Waals surface area contributed by atoms with Gasteiger partial charge in [0.15, 0.2) is 0 Å². The number of nitrogens with one attached hydrogen (secondary N) is 2. The van der Waals surface area contributed by atoms with Crippen molar-refractivity contribution in [2.24, 2.45) is 0 Å². The summed E-state index contributed by atoms with van der Waals surface area (Å²) in [6.45, 7) is 6.18. The Morgan fingerprint density at radius 3 is 2.67 bits per heavy atom. The van der Waals surface area contributed by atoms with Crippen molar-refractivity contribution < 1.29 is 9.59 Å². The van der Waals surface area contributed by atoms with Gasteiger partial charge < -0.3 is 10.6 Å². The average Bonchev–Trinajstić information content (AvgIpc) is 3.32. The first-order chi connectivity index (χ1) is 14.5. The third-order valence-corrected chi connectivity index (χ3v) is 7.46. The minimum atomic E-state index is 0.0229. The highest BCUT2D eigenvalue weighted by molar-refractivity contribution is 7.21. The maximum atomic E-state index is 12.9. The fourth-order valence-corrected chi connectivity index (χ4v) is 6.10. The predicted molar refractivity (Wildman–Crippen MR) is 123 cm³/mol. The van der Waals surface area contributed by atoms with Gasteiger partial charge in [-0.2, -0.15) is 0 Å². The van der Waals surface area contributed by atoms with Crippen LogP contribution in [0.15, 0.2) is 24.3 Å². The molecule has 1 atom stereocenters. The number of hydrogen-bond acceptors (Lipinski definition) is 4. The molecule has 0 unspecified atom stereocenters. The molecule has 4 rings (SSSR count). The second kappa shape index (κ2) is 9.48. The highest BCUT2D eigenvalue weighted by Gasteiger charge is 2.31. The minimum absolute atomic E-state index is 0.0229. The standard InChI is InChI=1S/C24H33N3O2S/c1-16(2)25-24(29)23-22(19-10-6-7-11-20(19)30-23)17-12-13-27(14-17)15-21(28)26-18-8-4-3-5-9-18/h6-7,10-11,16-18H,3-5,8-9,12-15H2,1-2H3,(H,25,29)(H,26,28)/t17-/m1/s1. The maximum Gasteiger partial charge on any atom is 0.261 e. The quantitative estimate of drug-likeness (QED) is 0.723. The molecule has 162 valence electrons. The maximum absolute atomic E-state index is 12.9. The Balaban J connectivity index is 1.46. The molecule has 5 nitrogen and oxygen atoms in total. The van der Waals surface area contributed by atoms with Gasteiger partial charge >= 0.3 is 0 Å². The number of amides is 2. The number of carbonyl (C=O) groups excluding carboxylic acids is 2. The molecule has 2 fully saturated rings. The molecule has 0 spiro atoms. The third-order valence-electron chi connectivity index (χ3n) is 6.28. The van der Waals surface area contributed by atoms with Crippen LogP contribution in [0.25, 0.3) is 10.1 Å². The Morgan fingerprint density at radius 1 is 1.13 bits per heavy atom. The Labute approximate surface area is 183 Å². The Bertz CT molecular complexity index is 901. The first-order valence-corrected chi connectivity index (χ1v) is 12.2. The molecule has 2 amide bonds. The van der Waals surface area contributed by atoms with Gasteiger partial charge in [-0.1, -0.05) is 37.5 Å². The second-order valence-corrected chi connectivity index (χ2v) is 10.1. The van der Waals surface area contributed by atoms with E-state index in [1.807, 2.05) is 26.0 Å². The van der Waals surface area contributed by atoms with Crippen LogP contribution in [0.3, 0.4) is 0 Å². The average molecular weight is 428 g/mol. The lowest BCUT2D eigenvalue weighted by molar-refractivity contribution is -0.122. The molecule has 1 aliphatic heterocycles. The van der Waals surface area contributed by atoms with E-state index in [0.29, 0.717) is 12.6 Å². The lowest BCUT2D eigenvalue weighted by atomic mass is 9.95. The molecular weight excluding hydrogens is 394 g/mol. The number of nitrogens with zero attached hydrogens (tertiary/aromatic N) is 1. The smallest absolute Gasteiger partial charge is 0.261 e. The normalized spacial score (nSPS) is 20.7. The van der Waals surface area contributed by atoms with Gasteiger partial charge in [-0.3, -0.25) is 14.5 Å². The summed E-state index contributed by atoms with van der Waals surface area (Å²) < 4.78 is 1.16. The van der Waals surface area contributed by atoms with Gasteiger partial charge in [0.1, 0.15) is 0 Å². The van der Waals surface area contributed by atoms with Gasteiger partial charge in [-0.15, -0.1) is 11.3 Å². The predicted octanol–water partition coefficient (Wildman–Crippen LogP) is 4.28. The van der Waals surface area contributed by atoms with Crippen LogP contribution in [0.4, 0.5) is 0 Å². The number of carbonyl (C=O) groups is 2. The summed E-state index contributed by atoms with van der Waals surface area (Å²) in [6.07, 6.45) is 6.96. The number of benzene rings is 1. The zero-order valence-corrected chi connectivity index (χ0v) is 18.9. The molecular formula is C24H33N3O2S. The highest BCUT2D eigenvalue weighted by Crippen LogP contribution is 2.40. The molecule has 30 heavy (non-hydrogen) atoms. The van der Waals surface area contributed by atoms with E-state index in [-0.39, 0.29) is 23.8 Å². The van der Waals surface area contributed by atoms with Gasteiger partial charge in [0.25, 0.3) is 5.91 Å². The van der Waals surface area contributed by atoms with Crippen molar-refractivity contribution in [3.05, 3.63) is 34.7 Å². The largest absolute Gasteiger partial charge is 0.352 e. The van der Waals surface area contributed by atoms with Crippen molar-refractivity contribution in [3.63, 3.8) is 0 Å². The lowest BCUT2D eigenvalue weighted by Crippen LogP contribution is -2.42. The van der Waals surface area contributed by atoms with E-state index >= 15 is 0 Å². The van der Waals surface area contributed by atoms with E-state index < -0.39 is 0 Å². The zero-order chi connectivity index (χ0) is 21.1. The molecule has 2 N–H and O–H groups in total. The van der Waals surface area contributed by atoms with Gasteiger partial charge in [0.05, 0.1) is 11.4 Å². The lowest BCUT2D eigenvalue weighted by Gasteiger charge is -2.24. The van der Waals surface area contributed by atoms with Crippen LogP contribution in [-0.4, -0.2) is 48.4 Å². The van der Waals surface area contributed by atoms with Crippen LogP contribution in [0, 0.1) is 0 Å². The number of hydrogen-bond donors (Lipinski definition) is 2. The van der Waals surface area contributed by atoms with Crippen molar-refractivity contribution in [1.82, 2.24) is 15.5 Å². The fourth-order valence-electron chi connectivity index (χ4n) is 4.90. The first-order valence-electron chi connectivity index (χ1n) is 11.3. The van der Waals surface area contributed by atoms with Crippen LogP contribution in [0.5, 0.6) is 0 Å². The monoisotopic (exact) mass is 427 g/mol. The van der Waals surface area contributed by atoms with Crippen LogP contribution in [0.2, 0.25) is 0 Å². The first kappa shape index (κ1) is 21.3. The van der Waals surface area contributed by atoms with E-state index in [2.05, 4.69) is 27.7 Å². The summed E-state index contributed by atoms with van der Waals surface area (Å²) in [6, 6.07) is 8.78. The molecule has 1 saturated heterocycles. The Morgan fingerprint density at radius 2 is 1.90 bits per heavy atom. The summed E-state index contributed by atoms with van der Waals surface area (Å²) in [7, 11) is 0. The van der Waals surface area contributed by atoms with Crippen LogP contribution >= 0.6 is 11.3 Å². The molecule has 1 saturated carbocycles. The van der Waals surface area contributed by atoms with Crippen molar-refractivity contribution in [1.29, 1.82) is 0 Å². The fraction of sp³-hybridized carbons (Fsp3) is 0.583. The van der Waals surface area contributed by atoms with E-state index in [9.17, 15) is 9.59 Å². The van der Waals surface area contributed by atoms with Crippen molar-refractivity contribution >= 4 is 33.2 Å². The summed E-state index contributed by atoms with van der Waals surface area (Å²) in [5, 5.41) is 7.49. The second-order valence-electron chi connectivity index (χ2n) is 9.09. The summed E-state index contributed by atoms with van der Waals surface area (Å²) in [4.78, 5) is 28.5. The van der Waals surface area contributed by atoms with E-state index in [0.717, 1.165) is 41.9 Å². The Hall–Kier alpha value is -1.92. The molecule has 1 aromatic carbocycles. The summed E-state index contributed by atoms with van der Waals surface area (Å²) >= 11 is 1.59. The molecule has 0 bridgehead atoms. The van der Waals surface area contributed by atoms with Gasteiger partial charge in [-0.05, 0) is 56.7 Å². The van der Waals surface area contributed by atoms with Crippen molar-refractivity contribution in [2.75, 3.05) is 19.6 Å². The molecule has 6 heteroatoms. The van der Waals surface area contributed by atoms with Crippen LogP contribution < -0.4 is 10.6 Å². The molecule has 2 heterocycles. The van der Waals surface area contributed by atoms with E-state index in [1.54, 1.807) is 11.3 Å². The number of fused-ring (bicyclic) bond motifs is 1. The zero-order valence-electron chi connectivity index (χ0n) is 18.1. The van der Waals surface area contributed by atoms with Crippen molar-refractivity contribution in [2.45, 2.75) is 70.4 Å². The topological polar surface area (TPSA) is 61.4 Å². The third kappa shape index (κ3) is 4.86. The highest BCUT2D eigenvalue weighted by atomic mass is 32.1. The molecule has 0 radical (unpaired) electrons. The summed E-state index contributed by atoms with van der Waals surface area (Å²) in [5.41, 5.74) is 1.17. The number of likely N-dealkylation sites (tertiary alicyclic amines) is 1. The Kier molecular flexibility index (Phi) is 6.74. The number of thiophene rings is 1. The SMILES string of the molecule is CC(C)NC(=O)c1sc2ccccc2c1[C@@H]1CCN(CC(=O)NC2CCCCC2)C1. The van der Waals surface area contributed by atoms with Gasteiger partial charge in [0.2, 0.25) is 5.91 Å².